The first-order valence-electron chi connectivity index (χ1n) is 10.2. The second kappa shape index (κ2) is 9.08. The van der Waals surface area contributed by atoms with Crippen LogP contribution in [0, 0.1) is 0 Å². The van der Waals surface area contributed by atoms with Crippen molar-refractivity contribution in [2.75, 3.05) is 45.3 Å². The quantitative estimate of drug-likeness (QED) is 0.587. The van der Waals surface area contributed by atoms with Gasteiger partial charge in [0.05, 0.1) is 31.3 Å². The van der Waals surface area contributed by atoms with Gasteiger partial charge < -0.3 is 14.4 Å². The number of rotatable bonds is 6. The van der Waals surface area contributed by atoms with Crippen LogP contribution in [0.4, 0.5) is 5.69 Å². The first-order chi connectivity index (χ1) is 15.0. The second-order valence-electron chi connectivity index (χ2n) is 7.53. The van der Waals surface area contributed by atoms with E-state index in [1.807, 2.05) is 54.2 Å². The van der Waals surface area contributed by atoms with Gasteiger partial charge in [0.1, 0.15) is 16.5 Å². The highest BCUT2D eigenvalue weighted by atomic mass is 35.5. The van der Waals surface area contributed by atoms with Crippen LogP contribution in [0.5, 0.6) is 11.5 Å². The number of piperazine rings is 1. The van der Waals surface area contributed by atoms with Gasteiger partial charge in [0.25, 0.3) is 5.56 Å². The zero-order valence-corrected chi connectivity index (χ0v) is 18.8. The van der Waals surface area contributed by atoms with Crippen LogP contribution in [0.3, 0.4) is 0 Å². The highest BCUT2D eigenvalue weighted by Gasteiger charge is 2.24. The van der Waals surface area contributed by atoms with Crippen LogP contribution in [-0.4, -0.2) is 54.7 Å². The summed E-state index contributed by atoms with van der Waals surface area (Å²) in [5, 5.41) is 0.269. The molecule has 3 aromatic rings. The van der Waals surface area contributed by atoms with E-state index in [4.69, 9.17) is 21.1 Å². The Hall–Kier alpha value is -2.90. The summed E-state index contributed by atoms with van der Waals surface area (Å²) in [6.07, 6.45) is 0. The Labute approximate surface area is 186 Å². The predicted molar refractivity (Wildman–Crippen MR) is 123 cm³/mol. The summed E-state index contributed by atoms with van der Waals surface area (Å²) in [5.41, 5.74) is 2.47. The molecular formula is C23H27ClN4O3. The molecule has 0 aliphatic carbocycles. The Morgan fingerprint density at radius 1 is 0.935 bits per heavy atom. The number of hydrogen-bond acceptors (Lipinski definition) is 5. The molecule has 1 saturated heterocycles. The maximum absolute atomic E-state index is 12.9. The lowest BCUT2D eigenvalue weighted by molar-refractivity contribution is 0.242. The lowest BCUT2D eigenvalue weighted by Gasteiger charge is -2.36. The third-order valence-corrected chi connectivity index (χ3v) is 6.19. The zero-order valence-electron chi connectivity index (χ0n) is 18.0. The molecule has 2 heterocycles. The minimum atomic E-state index is -0.211. The van der Waals surface area contributed by atoms with Crippen molar-refractivity contribution in [3.05, 3.63) is 69.6 Å². The van der Waals surface area contributed by atoms with E-state index >= 15 is 0 Å². The maximum atomic E-state index is 12.9. The summed E-state index contributed by atoms with van der Waals surface area (Å²) < 4.78 is 14.2. The van der Waals surface area contributed by atoms with Crippen LogP contribution in [0.1, 0.15) is 5.69 Å². The van der Waals surface area contributed by atoms with Crippen molar-refractivity contribution in [3.63, 3.8) is 0 Å². The Morgan fingerprint density at radius 3 is 2.26 bits per heavy atom. The van der Waals surface area contributed by atoms with Gasteiger partial charge in [-0.3, -0.25) is 14.4 Å². The third-order valence-electron chi connectivity index (χ3n) is 5.81. The lowest BCUT2D eigenvalue weighted by atomic mass is 10.2. The molecule has 1 fully saturated rings. The molecule has 4 rings (SSSR count). The van der Waals surface area contributed by atoms with Crippen molar-refractivity contribution in [2.45, 2.75) is 6.54 Å². The predicted octanol–water partition coefficient (Wildman–Crippen LogP) is 3.17. The van der Waals surface area contributed by atoms with Gasteiger partial charge in [0, 0.05) is 39.8 Å². The normalized spacial score (nSPS) is 14.6. The minimum absolute atomic E-state index is 0.211. The Morgan fingerprint density at radius 2 is 1.61 bits per heavy atom. The number of ether oxygens (including phenoxy) is 2. The van der Waals surface area contributed by atoms with Crippen LogP contribution >= 0.6 is 11.6 Å². The van der Waals surface area contributed by atoms with E-state index in [-0.39, 0.29) is 10.6 Å². The average Bonchev–Trinajstić information content (AvgIpc) is 3.02. The average molecular weight is 443 g/mol. The van der Waals surface area contributed by atoms with E-state index in [0.717, 1.165) is 54.7 Å². The molecule has 1 aromatic heterocycles. The molecule has 0 unspecified atom stereocenters. The summed E-state index contributed by atoms with van der Waals surface area (Å²) in [6.45, 7) is 4.12. The number of methoxy groups -OCH3 is 2. The SMILES string of the molecule is COc1ccc(-n2c(=O)c(Cl)c(CN3CCN(c4ccccc4OC)CC3)n2C)cc1. The number of halogens is 1. The van der Waals surface area contributed by atoms with Crippen LogP contribution in [0.15, 0.2) is 53.3 Å². The summed E-state index contributed by atoms with van der Waals surface area (Å²) in [4.78, 5) is 17.5. The molecule has 2 aromatic carbocycles. The molecule has 0 spiro atoms. The molecule has 0 N–H and O–H groups in total. The number of nitrogens with zero attached hydrogens (tertiary/aromatic N) is 4. The van der Waals surface area contributed by atoms with Gasteiger partial charge in [0.15, 0.2) is 0 Å². The van der Waals surface area contributed by atoms with Gasteiger partial charge in [-0.25, -0.2) is 4.68 Å². The Kier molecular flexibility index (Phi) is 6.25. The van der Waals surface area contributed by atoms with E-state index in [1.165, 1.54) is 0 Å². The van der Waals surface area contributed by atoms with Crippen LogP contribution in [0.2, 0.25) is 5.02 Å². The van der Waals surface area contributed by atoms with E-state index < -0.39 is 0 Å². The molecule has 164 valence electrons. The monoisotopic (exact) mass is 442 g/mol. The molecule has 0 bridgehead atoms. The molecule has 31 heavy (non-hydrogen) atoms. The number of benzene rings is 2. The largest absolute Gasteiger partial charge is 0.497 e. The molecule has 0 saturated carbocycles. The Bertz CT molecular complexity index is 1100. The van der Waals surface area contributed by atoms with Crippen molar-refractivity contribution < 1.29 is 9.47 Å². The van der Waals surface area contributed by atoms with Crippen molar-refractivity contribution in [3.8, 4) is 17.2 Å². The van der Waals surface area contributed by atoms with Crippen molar-refractivity contribution in [1.82, 2.24) is 14.3 Å². The molecule has 8 heteroatoms. The first-order valence-corrected chi connectivity index (χ1v) is 10.6. The number of hydrogen-bond donors (Lipinski definition) is 0. The molecule has 0 radical (unpaired) electrons. The van der Waals surface area contributed by atoms with Gasteiger partial charge in [-0.2, -0.15) is 0 Å². The van der Waals surface area contributed by atoms with E-state index in [2.05, 4.69) is 15.9 Å². The van der Waals surface area contributed by atoms with Crippen molar-refractivity contribution in [2.24, 2.45) is 7.05 Å². The van der Waals surface area contributed by atoms with Gasteiger partial charge in [-0.1, -0.05) is 23.7 Å². The van der Waals surface area contributed by atoms with Gasteiger partial charge >= 0.3 is 0 Å². The standard InChI is InChI=1S/C23H27ClN4O3/c1-25-20(22(24)23(29)28(25)17-8-10-18(30-2)11-9-17)16-26-12-14-27(15-13-26)19-6-4-5-7-21(19)31-3/h4-11H,12-16H2,1-3H3. The zero-order chi connectivity index (χ0) is 22.0. The van der Waals surface area contributed by atoms with Crippen LogP contribution in [0.25, 0.3) is 5.69 Å². The summed E-state index contributed by atoms with van der Waals surface area (Å²) in [7, 11) is 5.19. The molecule has 0 amide bonds. The highest BCUT2D eigenvalue weighted by molar-refractivity contribution is 6.31. The van der Waals surface area contributed by atoms with E-state index in [0.29, 0.717) is 6.54 Å². The third kappa shape index (κ3) is 4.16. The van der Waals surface area contributed by atoms with Gasteiger partial charge in [-0.15, -0.1) is 0 Å². The molecule has 7 nitrogen and oxygen atoms in total. The van der Waals surface area contributed by atoms with Crippen molar-refractivity contribution >= 4 is 17.3 Å². The first kappa shape index (κ1) is 21.3. The number of aromatic nitrogens is 2. The second-order valence-corrected chi connectivity index (χ2v) is 7.91. The number of para-hydroxylation sites is 2. The summed E-state index contributed by atoms with van der Waals surface area (Å²) >= 11 is 6.48. The van der Waals surface area contributed by atoms with Gasteiger partial charge in [-0.05, 0) is 36.4 Å². The Balaban J connectivity index is 1.50. The fourth-order valence-corrected chi connectivity index (χ4v) is 4.31. The smallest absolute Gasteiger partial charge is 0.290 e. The highest BCUT2D eigenvalue weighted by Crippen LogP contribution is 2.29. The van der Waals surface area contributed by atoms with E-state index in [9.17, 15) is 4.79 Å². The lowest BCUT2D eigenvalue weighted by Crippen LogP contribution is -2.46. The van der Waals surface area contributed by atoms with E-state index in [1.54, 1.807) is 18.9 Å². The number of anilines is 1. The topological polar surface area (TPSA) is 51.9 Å². The fourth-order valence-electron chi connectivity index (χ4n) is 4.05. The van der Waals surface area contributed by atoms with Crippen molar-refractivity contribution in [1.29, 1.82) is 0 Å². The van der Waals surface area contributed by atoms with Gasteiger partial charge in [0.2, 0.25) is 0 Å². The fraction of sp³-hybridized carbons (Fsp3) is 0.348. The molecule has 1 aliphatic rings. The summed E-state index contributed by atoms with van der Waals surface area (Å²) in [5.74, 6) is 1.63. The minimum Gasteiger partial charge on any atom is -0.497 e. The summed E-state index contributed by atoms with van der Waals surface area (Å²) in [6, 6.07) is 15.5. The molecule has 1 aliphatic heterocycles. The maximum Gasteiger partial charge on any atom is 0.290 e. The molecular weight excluding hydrogens is 416 g/mol. The van der Waals surface area contributed by atoms with Crippen LogP contribution in [-0.2, 0) is 13.6 Å². The molecule has 0 atom stereocenters. The van der Waals surface area contributed by atoms with Crippen LogP contribution < -0.4 is 19.9 Å².